The van der Waals surface area contributed by atoms with Crippen molar-refractivity contribution < 1.29 is 19.1 Å². The van der Waals surface area contributed by atoms with Crippen LogP contribution in [0.1, 0.15) is 35.0 Å². The lowest BCUT2D eigenvalue weighted by Gasteiger charge is -2.29. The largest absolute Gasteiger partial charge is 0.433 e. The number of nitrogens with zero attached hydrogens (tertiary/aromatic N) is 1. The summed E-state index contributed by atoms with van der Waals surface area (Å²) in [5.41, 5.74) is 1.46. The Hall–Kier alpha value is -2.38. The minimum Gasteiger partial charge on any atom is -0.433 e. The minimum absolute atomic E-state index is 0.211. The van der Waals surface area contributed by atoms with Crippen molar-refractivity contribution in [2.24, 2.45) is 0 Å². The van der Waals surface area contributed by atoms with Gasteiger partial charge in [0.2, 0.25) is 18.0 Å². The maximum atomic E-state index is 12.8. The van der Waals surface area contributed by atoms with Gasteiger partial charge in [-0.05, 0) is 30.7 Å². The van der Waals surface area contributed by atoms with Crippen LogP contribution in [0.3, 0.4) is 0 Å². The minimum atomic E-state index is -0.889. The molecule has 0 saturated carbocycles. The number of esters is 1. The van der Waals surface area contributed by atoms with E-state index in [9.17, 15) is 14.4 Å². The molecule has 0 unspecified atom stereocenters. The van der Waals surface area contributed by atoms with Gasteiger partial charge in [-0.2, -0.15) is 0 Å². The number of ether oxygens (including phenoxy) is 1. The van der Waals surface area contributed by atoms with Crippen LogP contribution in [0.4, 0.5) is 5.69 Å². The number of benzene rings is 2. The summed E-state index contributed by atoms with van der Waals surface area (Å²) in [4.78, 5) is 38.8. The normalized spacial score (nSPS) is 21.2. The maximum absolute atomic E-state index is 12.8. The van der Waals surface area contributed by atoms with Crippen molar-refractivity contribution in [3.63, 3.8) is 0 Å². The van der Waals surface area contributed by atoms with Crippen LogP contribution in [0.5, 0.6) is 0 Å². The molecule has 0 aliphatic carbocycles. The van der Waals surface area contributed by atoms with Crippen LogP contribution in [0, 0.1) is 0 Å². The molecule has 0 bridgehead atoms. The molecule has 8 heteroatoms. The van der Waals surface area contributed by atoms with E-state index >= 15 is 0 Å². The highest BCUT2D eigenvalue weighted by Crippen LogP contribution is 2.38. The standard InChI is InChI=1S/C19H14BrClN2O4/c20-10-5-6-14(13(21)9-10)22-17(25)15-7-8-16(24)23(15)18-11-3-1-2-4-12(11)19(26)27-18/h1-6,9,15,18H,7-8H2,(H,22,25)/t15-,18-/m0/s1. The highest BCUT2D eigenvalue weighted by atomic mass is 79.9. The quantitative estimate of drug-likeness (QED) is 0.721. The monoisotopic (exact) mass is 448 g/mol. The molecule has 2 aromatic rings. The Morgan fingerprint density at radius 3 is 2.78 bits per heavy atom. The van der Waals surface area contributed by atoms with E-state index in [-0.39, 0.29) is 18.2 Å². The van der Waals surface area contributed by atoms with Gasteiger partial charge < -0.3 is 10.1 Å². The van der Waals surface area contributed by atoms with E-state index in [1.165, 1.54) is 4.90 Å². The molecule has 4 rings (SSSR count). The van der Waals surface area contributed by atoms with E-state index in [2.05, 4.69) is 21.2 Å². The fraction of sp³-hybridized carbons (Fsp3) is 0.211. The first kappa shape index (κ1) is 18.0. The molecule has 2 aliphatic rings. The van der Waals surface area contributed by atoms with E-state index in [0.29, 0.717) is 28.3 Å². The summed E-state index contributed by atoms with van der Waals surface area (Å²) < 4.78 is 6.20. The number of nitrogens with one attached hydrogen (secondary N) is 1. The van der Waals surface area contributed by atoms with Gasteiger partial charge in [0.25, 0.3) is 0 Å². The summed E-state index contributed by atoms with van der Waals surface area (Å²) in [5, 5.41) is 3.14. The molecule has 1 N–H and O–H groups in total. The van der Waals surface area contributed by atoms with Crippen molar-refractivity contribution in [2.75, 3.05) is 5.32 Å². The lowest BCUT2D eigenvalue weighted by molar-refractivity contribution is -0.144. The second-order valence-corrected chi connectivity index (χ2v) is 7.64. The third-order valence-corrected chi connectivity index (χ3v) is 5.47. The van der Waals surface area contributed by atoms with Crippen molar-refractivity contribution in [1.82, 2.24) is 4.90 Å². The van der Waals surface area contributed by atoms with Crippen LogP contribution in [-0.2, 0) is 14.3 Å². The number of likely N-dealkylation sites (tertiary alicyclic amines) is 1. The van der Waals surface area contributed by atoms with Gasteiger partial charge in [0.1, 0.15) is 6.04 Å². The molecule has 6 nitrogen and oxygen atoms in total. The number of fused-ring (bicyclic) bond motifs is 1. The van der Waals surface area contributed by atoms with E-state index in [1.54, 1.807) is 42.5 Å². The molecule has 1 fully saturated rings. The van der Waals surface area contributed by atoms with Gasteiger partial charge in [-0.15, -0.1) is 0 Å². The van der Waals surface area contributed by atoms with E-state index < -0.39 is 18.2 Å². The van der Waals surface area contributed by atoms with Gasteiger partial charge >= 0.3 is 5.97 Å². The molecule has 0 radical (unpaired) electrons. The number of carbonyl (C=O) groups is 3. The molecule has 0 spiro atoms. The van der Waals surface area contributed by atoms with Crippen LogP contribution in [0.25, 0.3) is 0 Å². The topological polar surface area (TPSA) is 75.7 Å². The zero-order valence-electron chi connectivity index (χ0n) is 13.9. The lowest BCUT2D eigenvalue weighted by atomic mass is 10.1. The summed E-state index contributed by atoms with van der Waals surface area (Å²) in [6, 6.07) is 11.2. The number of anilines is 1. The van der Waals surface area contributed by atoms with Crippen molar-refractivity contribution in [2.45, 2.75) is 25.1 Å². The first-order chi connectivity index (χ1) is 13.0. The molecule has 27 heavy (non-hydrogen) atoms. The smallest absolute Gasteiger partial charge is 0.340 e. The number of amides is 2. The van der Waals surface area contributed by atoms with Gasteiger partial charge in [0, 0.05) is 16.5 Å². The Balaban J connectivity index is 1.60. The Kier molecular flexibility index (Phi) is 4.65. The highest BCUT2D eigenvalue weighted by molar-refractivity contribution is 9.10. The molecule has 2 aliphatic heterocycles. The molecule has 1 saturated heterocycles. The second kappa shape index (κ2) is 6.98. The van der Waals surface area contributed by atoms with E-state index in [0.717, 1.165) is 4.47 Å². The van der Waals surface area contributed by atoms with Crippen molar-refractivity contribution in [3.05, 3.63) is 63.1 Å². The Bertz CT molecular complexity index is 964. The zero-order chi connectivity index (χ0) is 19.1. The summed E-state index contributed by atoms with van der Waals surface area (Å²) >= 11 is 9.48. The van der Waals surface area contributed by atoms with Gasteiger partial charge in [-0.3, -0.25) is 14.5 Å². The summed E-state index contributed by atoms with van der Waals surface area (Å²) in [6.07, 6.45) is -0.336. The highest BCUT2D eigenvalue weighted by Gasteiger charge is 2.46. The average molecular weight is 450 g/mol. The van der Waals surface area contributed by atoms with Gasteiger partial charge in [0.15, 0.2) is 0 Å². The summed E-state index contributed by atoms with van der Waals surface area (Å²) in [7, 11) is 0. The Labute approximate surface area is 168 Å². The first-order valence-electron chi connectivity index (χ1n) is 8.32. The summed E-state index contributed by atoms with van der Waals surface area (Å²) in [5.74, 6) is -1.09. The molecule has 2 aromatic carbocycles. The Morgan fingerprint density at radius 1 is 1.22 bits per heavy atom. The number of hydrogen-bond donors (Lipinski definition) is 1. The third kappa shape index (κ3) is 3.21. The fourth-order valence-corrected chi connectivity index (χ4v) is 4.11. The number of rotatable bonds is 3. The van der Waals surface area contributed by atoms with Crippen molar-refractivity contribution >= 4 is 51.0 Å². The molecule has 2 heterocycles. The van der Waals surface area contributed by atoms with Crippen molar-refractivity contribution in [3.8, 4) is 0 Å². The van der Waals surface area contributed by atoms with Gasteiger partial charge in [-0.25, -0.2) is 4.79 Å². The Morgan fingerprint density at radius 2 is 2.00 bits per heavy atom. The van der Waals surface area contributed by atoms with Crippen LogP contribution in [-0.4, -0.2) is 28.7 Å². The lowest BCUT2D eigenvalue weighted by Crippen LogP contribution is -2.43. The fourth-order valence-electron chi connectivity index (χ4n) is 3.39. The first-order valence-corrected chi connectivity index (χ1v) is 9.50. The van der Waals surface area contributed by atoms with Crippen LogP contribution < -0.4 is 5.32 Å². The van der Waals surface area contributed by atoms with Crippen molar-refractivity contribution in [1.29, 1.82) is 0 Å². The van der Waals surface area contributed by atoms with Gasteiger partial charge in [-0.1, -0.05) is 45.7 Å². The molecule has 2 amide bonds. The zero-order valence-corrected chi connectivity index (χ0v) is 16.3. The molecule has 2 atom stereocenters. The third-order valence-electron chi connectivity index (χ3n) is 4.67. The van der Waals surface area contributed by atoms with Crippen LogP contribution in [0.2, 0.25) is 5.02 Å². The molecular weight excluding hydrogens is 436 g/mol. The predicted molar refractivity (Wildman–Crippen MR) is 102 cm³/mol. The molecular formula is C19H14BrClN2O4. The SMILES string of the molecule is O=C1O[C@H](N2C(=O)CC[C@H]2C(=O)Nc2ccc(Br)cc2Cl)c2ccccc21. The van der Waals surface area contributed by atoms with E-state index in [1.807, 2.05) is 0 Å². The van der Waals surface area contributed by atoms with Crippen LogP contribution in [0.15, 0.2) is 46.9 Å². The number of cyclic esters (lactones) is 1. The number of carbonyl (C=O) groups excluding carboxylic acids is 3. The number of hydrogen-bond acceptors (Lipinski definition) is 4. The molecule has 0 aromatic heterocycles. The van der Waals surface area contributed by atoms with Gasteiger partial charge in [0.05, 0.1) is 16.3 Å². The molecule has 138 valence electrons. The maximum Gasteiger partial charge on any atom is 0.340 e. The van der Waals surface area contributed by atoms with Crippen LogP contribution >= 0.6 is 27.5 Å². The number of halogens is 2. The second-order valence-electron chi connectivity index (χ2n) is 6.31. The average Bonchev–Trinajstić information content (AvgIpc) is 3.18. The summed E-state index contributed by atoms with van der Waals surface area (Å²) in [6.45, 7) is 0. The predicted octanol–water partition coefficient (Wildman–Crippen LogP) is 3.90. The van der Waals surface area contributed by atoms with E-state index in [4.69, 9.17) is 16.3 Å².